The average Bonchev–Trinajstić information content (AvgIpc) is 3.21. The number of nitrogens with two attached hydrogens (primary N) is 1. The lowest BCUT2D eigenvalue weighted by molar-refractivity contribution is 0.140. The number of hydrogen-bond acceptors (Lipinski definition) is 9. The molecule has 2 aromatic heterocycles. The molecule has 1 aromatic carbocycles. The van der Waals surface area contributed by atoms with Gasteiger partial charge in [0.15, 0.2) is 5.82 Å². The summed E-state index contributed by atoms with van der Waals surface area (Å²) in [7, 11) is 1.54. The van der Waals surface area contributed by atoms with Gasteiger partial charge in [0.05, 0.1) is 25.1 Å². The van der Waals surface area contributed by atoms with Crippen LogP contribution in [0.25, 0.3) is 11.9 Å². The number of nitrogens with zero attached hydrogens (tertiary/aromatic N) is 7. The Morgan fingerprint density at radius 2 is 1.71 bits per heavy atom. The highest BCUT2D eigenvalue weighted by Crippen LogP contribution is 2.35. The number of hydrogen-bond donors (Lipinski definition) is 2. The van der Waals surface area contributed by atoms with E-state index in [0.29, 0.717) is 49.3 Å². The summed E-state index contributed by atoms with van der Waals surface area (Å²) in [5.74, 6) is 0.386. The number of piperazine rings is 1. The molecule has 2 aliphatic heterocycles. The molecular weight excluding hydrogens is 518 g/mol. The zero-order valence-corrected chi connectivity index (χ0v) is 22.0. The van der Waals surface area contributed by atoms with Crippen molar-refractivity contribution < 1.29 is 18.6 Å². The van der Waals surface area contributed by atoms with Crippen molar-refractivity contribution in [3.8, 4) is 11.6 Å². The van der Waals surface area contributed by atoms with Crippen LogP contribution in [0.15, 0.2) is 30.5 Å². The number of anilines is 3. The first-order valence-corrected chi connectivity index (χ1v) is 12.1. The predicted molar refractivity (Wildman–Crippen MR) is 144 cm³/mol. The largest absolute Gasteiger partial charge is 0.490 e. The predicted octanol–water partition coefficient (Wildman–Crippen LogP) is 2.28. The van der Waals surface area contributed by atoms with Gasteiger partial charge in [-0.15, -0.1) is 12.4 Å². The molecular formula is C25H31ClF2N8O2. The maximum absolute atomic E-state index is 13.6. The lowest BCUT2D eigenvalue weighted by atomic mass is 10.1. The molecule has 2 saturated heterocycles. The van der Waals surface area contributed by atoms with Gasteiger partial charge in [-0.05, 0) is 19.1 Å². The van der Waals surface area contributed by atoms with Gasteiger partial charge >= 0.3 is 0 Å². The second-order valence-electron chi connectivity index (χ2n) is 9.24. The Balaban J connectivity index is 0.00000336. The summed E-state index contributed by atoms with van der Waals surface area (Å²) in [6.07, 6.45) is 5.44. The van der Waals surface area contributed by atoms with Crippen LogP contribution < -0.4 is 20.3 Å². The number of aliphatic hydroxyl groups excluding tert-OH is 1. The van der Waals surface area contributed by atoms with Gasteiger partial charge in [0.2, 0.25) is 17.5 Å². The maximum atomic E-state index is 13.6. The Bertz CT molecular complexity index is 1290. The van der Waals surface area contributed by atoms with Crippen LogP contribution in [0.4, 0.5) is 26.2 Å². The molecule has 13 heteroatoms. The molecule has 0 aliphatic carbocycles. The summed E-state index contributed by atoms with van der Waals surface area (Å²) in [6.45, 7) is 6.53. The summed E-state index contributed by atoms with van der Waals surface area (Å²) < 4.78 is 34.4. The van der Waals surface area contributed by atoms with E-state index in [0.717, 1.165) is 37.0 Å². The van der Waals surface area contributed by atoms with Crippen LogP contribution in [0.3, 0.4) is 0 Å². The third-order valence-electron chi connectivity index (χ3n) is 6.71. The smallest absolute Gasteiger partial charge is 0.224 e. The van der Waals surface area contributed by atoms with Crippen molar-refractivity contribution in [2.24, 2.45) is 0 Å². The molecule has 0 amide bonds. The topological polar surface area (TPSA) is 109 Å². The van der Waals surface area contributed by atoms with Gasteiger partial charge in [-0.3, -0.25) is 4.90 Å². The molecule has 0 saturated carbocycles. The third kappa shape index (κ3) is 5.66. The van der Waals surface area contributed by atoms with Crippen LogP contribution in [-0.4, -0.2) is 88.8 Å². The molecule has 5 rings (SSSR count). The first-order chi connectivity index (χ1) is 17.8. The Morgan fingerprint density at radius 1 is 1.05 bits per heavy atom. The molecule has 3 aromatic rings. The van der Waals surface area contributed by atoms with Crippen molar-refractivity contribution in [1.82, 2.24) is 24.6 Å². The molecule has 38 heavy (non-hydrogen) atoms. The second kappa shape index (κ2) is 11.5. The van der Waals surface area contributed by atoms with E-state index in [4.69, 9.17) is 10.5 Å². The summed E-state index contributed by atoms with van der Waals surface area (Å²) >= 11 is 0. The lowest BCUT2D eigenvalue weighted by Crippen LogP contribution is -2.51. The van der Waals surface area contributed by atoms with Gasteiger partial charge in [0.25, 0.3) is 0 Å². The molecule has 4 heterocycles. The van der Waals surface area contributed by atoms with E-state index in [1.807, 2.05) is 22.8 Å². The highest BCUT2D eigenvalue weighted by atomic mass is 35.5. The van der Waals surface area contributed by atoms with E-state index >= 15 is 0 Å². The molecule has 0 spiro atoms. The monoisotopic (exact) mass is 548 g/mol. The number of aliphatic hydroxyl groups is 1. The molecule has 3 N–H and O–H groups in total. The number of β-amino-alcohol motifs (C(OH)–C–C–N with tert-alkyl or cyclic N) is 1. The number of ether oxygens (including phenoxy) is 1. The molecule has 0 atom stereocenters. The normalized spacial score (nSPS) is 16.6. The molecule has 0 radical (unpaired) electrons. The standard InChI is InChI=1S/C25H30F2N8O2.ClH/c1-16-17(4-3-5-32-6-8-33(9-7-32)20-11-18(26)10-19(27)12-20)13-29-35(16)24-22(37-2)23(30-25(28)31-24)34-14-21(36)15-34;/h3-4,10-13,21,36H,5-9,14-15H2,1-2H3,(H2,28,30,31);1H/b4-3+;. The third-order valence-corrected chi connectivity index (χ3v) is 6.71. The first kappa shape index (κ1) is 27.6. The number of rotatable bonds is 7. The van der Waals surface area contributed by atoms with Crippen LogP contribution in [0, 0.1) is 18.6 Å². The van der Waals surface area contributed by atoms with E-state index in [2.05, 4.69) is 26.0 Å². The lowest BCUT2D eigenvalue weighted by Gasteiger charge is -2.37. The Labute approximate surface area is 225 Å². The van der Waals surface area contributed by atoms with Crippen LogP contribution in [0.2, 0.25) is 0 Å². The second-order valence-corrected chi connectivity index (χ2v) is 9.24. The van der Waals surface area contributed by atoms with Gasteiger partial charge in [0, 0.05) is 63.1 Å². The molecule has 0 unspecified atom stereocenters. The Hall–Kier alpha value is -3.48. The van der Waals surface area contributed by atoms with Crippen LogP contribution in [0.5, 0.6) is 5.75 Å². The fourth-order valence-electron chi connectivity index (χ4n) is 4.65. The van der Waals surface area contributed by atoms with Gasteiger partial charge in [-0.25, -0.2) is 13.5 Å². The van der Waals surface area contributed by atoms with E-state index in [1.165, 1.54) is 12.1 Å². The number of halogens is 3. The van der Waals surface area contributed by atoms with E-state index < -0.39 is 17.7 Å². The first-order valence-electron chi connectivity index (χ1n) is 12.1. The fraction of sp³-hybridized carbons (Fsp3) is 0.400. The highest BCUT2D eigenvalue weighted by molar-refractivity contribution is 5.85. The van der Waals surface area contributed by atoms with Crippen molar-refractivity contribution >= 4 is 35.9 Å². The molecule has 0 bridgehead atoms. The average molecular weight is 549 g/mol. The zero-order valence-electron chi connectivity index (χ0n) is 21.2. The number of methoxy groups -OCH3 is 1. The van der Waals surface area contributed by atoms with Gasteiger partial charge < -0.3 is 25.4 Å². The van der Waals surface area contributed by atoms with Crippen LogP contribution in [-0.2, 0) is 0 Å². The van der Waals surface area contributed by atoms with Crippen LogP contribution >= 0.6 is 12.4 Å². The van der Waals surface area contributed by atoms with E-state index in [1.54, 1.807) is 18.0 Å². The van der Waals surface area contributed by atoms with Gasteiger partial charge in [-0.1, -0.05) is 12.2 Å². The van der Waals surface area contributed by atoms with Gasteiger partial charge in [-0.2, -0.15) is 15.1 Å². The van der Waals surface area contributed by atoms with Crippen molar-refractivity contribution in [1.29, 1.82) is 0 Å². The number of aromatic nitrogens is 4. The molecule has 204 valence electrons. The van der Waals surface area contributed by atoms with E-state index in [9.17, 15) is 13.9 Å². The minimum atomic E-state index is -0.561. The van der Waals surface area contributed by atoms with Crippen molar-refractivity contribution in [2.45, 2.75) is 13.0 Å². The summed E-state index contributed by atoms with van der Waals surface area (Å²) in [4.78, 5) is 14.9. The SMILES string of the molecule is COc1c(N2CC(O)C2)nc(N)nc1-n1ncc(/C=C/CN2CCN(c3cc(F)cc(F)c3)CC2)c1C.Cl. The minimum absolute atomic E-state index is 0. The Kier molecular flexibility index (Phi) is 8.34. The number of benzene rings is 1. The van der Waals surface area contributed by atoms with E-state index in [-0.39, 0.29) is 18.4 Å². The van der Waals surface area contributed by atoms with Gasteiger partial charge in [0.1, 0.15) is 11.6 Å². The molecule has 2 aliphatic rings. The zero-order chi connectivity index (χ0) is 26.1. The van der Waals surface area contributed by atoms with Crippen molar-refractivity contribution in [3.05, 3.63) is 53.4 Å². The summed E-state index contributed by atoms with van der Waals surface area (Å²) in [6, 6.07) is 3.63. The summed E-state index contributed by atoms with van der Waals surface area (Å²) in [5, 5.41) is 14.2. The van der Waals surface area contributed by atoms with Crippen LogP contribution in [0.1, 0.15) is 11.3 Å². The molecule has 10 nitrogen and oxygen atoms in total. The fourth-order valence-corrected chi connectivity index (χ4v) is 4.65. The highest BCUT2D eigenvalue weighted by Gasteiger charge is 2.31. The number of nitrogen functional groups attached to an aromatic ring is 1. The summed E-state index contributed by atoms with van der Waals surface area (Å²) in [5.41, 5.74) is 8.35. The Morgan fingerprint density at radius 3 is 2.34 bits per heavy atom. The minimum Gasteiger partial charge on any atom is -0.490 e. The van der Waals surface area contributed by atoms with Crippen molar-refractivity contribution in [2.75, 3.05) is 68.5 Å². The molecule has 2 fully saturated rings. The van der Waals surface area contributed by atoms with Crippen molar-refractivity contribution in [3.63, 3.8) is 0 Å². The maximum Gasteiger partial charge on any atom is 0.224 e. The quantitative estimate of drug-likeness (QED) is 0.459.